The summed E-state index contributed by atoms with van der Waals surface area (Å²) in [5.41, 5.74) is 2.07. The minimum Gasteiger partial charge on any atom is -0.394 e. The number of fused-ring (bicyclic) bond motifs is 5. The van der Waals surface area contributed by atoms with Gasteiger partial charge in [0.05, 0.1) is 11.8 Å². The van der Waals surface area contributed by atoms with Crippen LogP contribution in [0.5, 0.6) is 0 Å². The van der Waals surface area contributed by atoms with E-state index in [4.69, 9.17) is 4.84 Å². The Bertz CT molecular complexity index is 583. The molecule has 28 heavy (non-hydrogen) atoms. The predicted molar refractivity (Wildman–Crippen MR) is 117 cm³/mol. The molecular weight excluding hydrogens is 372 g/mol. The van der Waals surface area contributed by atoms with Crippen LogP contribution in [-0.2, 0) is 4.84 Å². The van der Waals surface area contributed by atoms with Gasteiger partial charge in [-0.05, 0) is 101 Å². The number of aliphatic hydroxyl groups excluding tert-OH is 1. The third-order valence-electron chi connectivity index (χ3n) is 9.18. The molecule has 0 bridgehead atoms. The van der Waals surface area contributed by atoms with Crippen LogP contribution < -0.4 is 0 Å². The van der Waals surface area contributed by atoms with Gasteiger partial charge in [-0.1, -0.05) is 19.0 Å². The number of aliphatic hydroxyl groups is 1. The van der Waals surface area contributed by atoms with Crippen molar-refractivity contribution in [1.29, 1.82) is 0 Å². The molecule has 4 rings (SSSR count). The molecule has 1 N–H and O–H groups in total. The van der Waals surface area contributed by atoms with Gasteiger partial charge in [0.15, 0.2) is 0 Å². The number of hydrogen-bond acceptors (Lipinski definition) is 4. The van der Waals surface area contributed by atoms with E-state index < -0.39 is 0 Å². The summed E-state index contributed by atoms with van der Waals surface area (Å²) in [6, 6.07) is 0. The van der Waals surface area contributed by atoms with Crippen LogP contribution in [0.25, 0.3) is 0 Å². The standard InChI is InChI=1S/C23H40N2O2.ClH/c1-22-11-9-17(26)15-16(22)5-6-18-19-7-8-21(24-27-14-13-25(3)4)23(19,2)12-10-20(18)22;/h16-20,26H,5-15H2,1-4H3;1H/b24-21-;/t16-,17+,18-,19-,20-,22-,23-;/m0./s1. The van der Waals surface area contributed by atoms with Crippen LogP contribution >= 0.6 is 12.4 Å². The van der Waals surface area contributed by atoms with E-state index in [9.17, 15) is 5.11 Å². The van der Waals surface area contributed by atoms with Gasteiger partial charge in [-0.15, -0.1) is 12.4 Å². The average Bonchev–Trinajstić information content (AvgIpc) is 2.96. The molecule has 0 saturated heterocycles. The van der Waals surface area contributed by atoms with Gasteiger partial charge < -0.3 is 14.8 Å². The first-order valence-electron chi connectivity index (χ1n) is 11.4. The van der Waals surface area contributed by atoms with Crippen molar-refractivity contribution in [2.24, 2.45) is 39.7 Å². The molecule has 0 heterocycles. The number of likely N-dealkylation sites (N-methyl/N-ethyl adjacent to an activating group) is 1. The fourth-order valence-electron chi connectivity index (χ4n) is 7.52. The summed E-state index contributed by atoms with van der Waals surface area (Å²) in [6.07, 6.45) is 11.0. The van der Waals surface area contributed by atoms with Crippen LogP contribution in [0, 0.1) is 34.5 Å². The third-order valence-corrected chi connectivity index (χ3v) is 9.18. The molecule has 0 aromatic heterocycles. The van der Waals surface area contributed by atoms with Gasteiger partial charge in [0.1, 0.15) is 6.61 Å². The van der Waals surface area contributed by atoms with Gasteiger partial charge in [0, 0.05) is 12.0 Å². The van der Waals surface area contributed by atoms with E-state index in [0.717, 1.165) is 49.5 Å². The molecule has 0 aromatic rings. The minimum atomic E-state index is -0.0435. The highest BCUT2D eigenvalue weighted by Crippen LogP contribution is 2.65. The van der Waals surface area contributed by atoms with Crippen LogP contribution in [0.4, 0.5) is 0 Å². The summed E-state index contributed by atoms with van der Waals surface area (Å²) in [5, 5.41) is 14.8. The Morgan fingerprint density at radius 1 is 1.07 bits per heavy atom. The average molecular weight is 413 g/mol. The van der Waals surface area contributed by atoms with Gasteiger partial charge in [0.2, 0.25) is 0 Å². The molecule has 5 heteroatoms. The van der Waals surface area contributed by atoms with E-state index in [0.29, 0.717) is 12.0 Å². The molecule has 0 spiro atoms. The highest BCUT2D eigenvalue weighted by molar-refractivity contribution is 5.92. The molecule has 4 aliphatic rings. The van der Waals surface area contributed by atoms with Crippen molar-refractivity contribution in [3.63, 3.8) is 0 Å². The molecule has 0 amide bonds. The summed E-state index contributed by atoms with van der Waals surface area (Å²) in [7, 11) is 4.15. The summed E-state index contributed by atoms with van der Waals surface area (Å²) in [6.45, 7) is 6.66. The highest BCUT2D eigenvalue weighted by atomic mass is 35.5. The Hall–Kier alpha value is -0.320. The van der Waals surface area contributed by atoms with E-state index in [1.165, 1.54) is 44.2 Å². The first-order chi connectivity index (χ1) is 12.8. The van der Waals surface area contributed by atoms with Gasteiger partial charge in [-0.3, -0.25) is 0 Å². The second-order valence-electron chi connectivity index (χ2n) is 10.8. The number of hydrogen-bond donors (Lipinski definition) is 1. The van der Waals surface area contributed by atoms with Crippen molar-refractivity contribution in [3.8, 4) is 0 Å². The molecule has 0 unspecified atom stereocenters. The smallest absolute Gasteiger partial charge is 0.129 e. The van der Waals surface area contributed by atoms with Crippen LogP contribution in [0.1, 0.15) is 71.6 Å². The van der Waals surface area contributed by atoms with Crippen molar-refractivity contribution in [2.45, 2.75) is 77.7 Å². The van der Waals surface area contributed by atoms with Crippen LogP contribution in [0.15, 0.2) is 5.16 Å². The van der Waals surface area contributed by atoms with E-state index in [2.05, 4.69) is 38.0 Å². The molecule has 0 aliphatic heterocycles. The third kappa shape index (κ3) is 3.74. The Kier molecular flexibility index (Phi) is 6.74. The zero-order chi connectivity index (χ0) is 19.2. The molecule has 0 radical (unpaired) electrons. The first kappa shape index (κ1) is 22.4. The van der Waals surface area contributed by atoms with Gasteiger partial charge in [-0.2, -0.15) is 0 Å². The van der Waals surface area contributed by atoms with Crippen molar-refractivity contribution >= 4 is 18.1 Å². The number of oxime groups is 1. The second kappa shape index (κ2) is 8.43. The Labute approximate surface area is 177 Å². The highest BCUT2D eigenvalue weighted by Gasteiger charge is 2.59. The predicted octanol–water partition coefficient (Wildman–Crippen LogP) is 4.75. The number of halogens is 1. The Morgan fingerprint density at radius 3 is 2.61 bits per heavy atom. The van der Waals surface area contributed by atoms with Gasteiger partial charge in [-0.25, -0.2) is 0 Å². The first-order valence-corrected chi connectivity index (χ1v) is 11.4. The van der Waals surface area contributed by atoms with E-state index in [-0.39, 0.29) is 23.9 Å². The molecule has 7 atom stereocenters. The van der Waals surface area contributed by atoms with Crippen molar-refractivity contribution in [1.82, 2.24) is 4.90 Å². The largest absolute Gasteiger partial charge is 0.394 e. The van der Waals surface area contributed by atoms with Gasteiger partial charge in [0.25, 0.3) is 0 Å². The van der Waals surface area contributed by atoms with Crippen molar-refractivity contribution < 1.29 is 9.94 Å². The lowest BCUT2D eigenvalue weighted by atomic mass is 9.45. The monoisotopic (exact) mass is 412 g/mol. The minimum absolute atomic E-state index is 0. The fraction of sp³-hybridized carbons (Fsp3) is 0.957. The topological polar surface area (TPSA) is 45.1 Å². The summed E-state index contributed by atoms with van der Waals surface area (Å²) in [4.78, 5) is 7.86. The molecular formula is C23H41ClN2O2. The lowest BCUT2D eigenvalue weighted by molar-refractivity contribution is -0.114. The molecule has 4 nitrogen and oxygen atoms in total. The Morgan fingerprint density at radius 2 is 1.86 bits per heavy atom. The Balaban J connectivity index is 0.00000225. The summed E-state index contributed by atoms with van der Waals surface area (Å²) in [5.74, 6) is 3.25. The number of rotatable bonds is 4. The van der Waals surface area contributed by atoms with E-state index >= 15 is 0 Å². The second-order valence-corrected chi connectivity index (χ2v) is 10.8. The molecule has 4 saturated carbocycles. The molecule has 4 aliphatic carbocycles. The van der Waals surface area contributed by atoms with Crippen molar-refractivity contribution in [2.75, 3.05) is 27.2 Å². The lowest BCUT2D eigenvalue weighted by Gasteiger charge is -2.60. The maximum Gasteiger partial charge on any atom is 0.129 e. The zero-order valence-electron chi connectivity index (χ0n) is 18.3. The van der Waals surface area contributed by atoms with E-state index in [1.807, 2.05) is 0 Å². The SMILES string of the molecule is CN(C)CCO/N=C1/CC[C@H]2[C@@H]3CC[C@H]4C[C@H](O)CC[C@]4(C)[C@H]3CC[C@]12C.Cl. The number of nitrogens with zero attached hydrogens (tertiary/aromatic N) is 2. The zero-order valence-corrected chi connectivity index (χ0v) is 19.1. The fourth-order valence-corrected chi connectivity index (χ4v) is 7.52. The molecule has 4 fully saturated rings. The molecule has 162 valence electrons. The normalized spacial score (nSPS) is 46.5. The van der Waals surface area contributed by atoms with Crippen LogP contribution in [-0.4, -0.2) is 49.1 Å². The summed E-state index contributed by atoms with van der Waals surface area (Å²) >= 11 is 0. The van der Waals surface area contributed by atoms with Gasteiger partial charge >= 0.3 is 0 Å². The van der Waals surface area contributed by atoms with E-state index in [1.54, 1.807) is 0 Å². The summed E-state index contributed by atoms with van der Waals surface area (Å²) < 4.78 is 0. The van der Waals surface area contributed by atoms with Crippen LogP contribution in [0.3, 0.4) is 0 Å². The van der Waals surface area contributed by atoms with Crippen LogP contribution in [0.2, 0.25) is 0 Å². The quantitative estimate of drug-likeness (QED) is 0.535. The lowest BCUT2D eigenvalue weighted by Crippen LogP contribution is -2.54. The molecule has 0 aromatic carbocycles. The maximum atomic E-state index is 10.2. The maximum absolute atomic E-state index is 10.2. The van der Waals surface area contributed by atoms with Crippen molar-refractivity contribution in [3.05, 3.63) is 0 Å².